The van der Waals surface area contributed by atoms with Crippen LogP contribution in [-0.4, -0.2) is 10.2 Å². The molecule has 0 amide bonds. The van der Waals surface area contributed by atoms with Crippen LogP contribution in [0.15, 0.2) is 24.4 Å². The Hall–Kier alpha value is -0.570. The van der Waals surface area contributed by atoms with Crippen LogP contribution in [0.1, 0.15) is 0 Å². The van der Waals surface area contributed by atoms with Gasteiger partial charge in [-0.05, 0) is 6.07 Å². The standard InChI is InChI=1S/C8H4Cl2N2.ClH/c9-6-3-1-2-5-4-11-12-8(10)7(5)6;/h1-4H;1H. The monoisotopic (exact) mass is 234 g/mol. The van der Waals surface area contributed by atoms with Crippen molar-refractivity contribution in [1.29, 1.82) is 0 Å². The predicted molar refractivity (Wildman–Crippen MR) is 56.8 cm³/mol. The molecule has 0 saturated carbocycles. The maximum absolute atomic E-state index is 5.91. The van der Waals surface area contributed by atoms with Crippen LogP contribution in [0.5, 0.6) is 0 Å². The highest BCUT2D eigenvalue weighted by Gasteiger charge is 2.03. The molecule has 0 radical (unpaired) electrons. The summed E-state index contributed by atoms with van der Waals surface area (Å²) in [6.45, 7) is 0. The van der Waals surface area contributed by atoms with Crippen molar-refractivity contribution in [2.45, 2.75) is 0 Å². The number of hydrogen-bond donors (Lipinski definition) is 0. The molecule has 0 saturated heterocycles. The molecule has 2 nitrogen and oxygen atoms in total. The molecule has 0 unspecified atom stereocenters. The molecule has 0 N–H and O–H groups in total. The molecule has 0 aliphatic carbocycles. The molecule has 0 fully saturated rings. The topological polar surface area (TPSA) is 25.8 Å². The summed E-state index contributed by atoms with van der Waals surface area (Å²) in [6.07, 6.45) is 1.63. The van der Waals surface area contributed by atoms with Gasteiger partial charge in [0.2, 0.25) is 0 Å². The summed E-state index contributed by atoms with van der Waals surface area (Å²) in [4.78, 5) is 0. The number of nitrogens with zero attached hydrogens (tertiary/aromatic N) is 2. The van der Waals surface area contributed by atoms with E-state index >= 15 is 0 Å². The first-order valence-corrected chi connectivity index (χ1v) is 4.10. The van der Waals surface area contributed by atoms with Gasteiger partial charge in [0.25, 0.3) is 0 Å². The fraction of sp³-hybridized carbons (Fsp3) is 0. The Kier molecular flexibility index (Phi) is 3.31. The molecule has 0 aliphatic rings. The van der Waals surface area contributed by atoms with Crippen molar-refractivity contribution in [2.24, 2.45) is 0 Å². The zero-order chi connectivity index (χ0) is 8.55. The van der Waals surface area contributed by atoms with E-state index in [1.165, 1.54) is 0 Å². The van der Waals surface area contributed by atoms with E-state index in [1.54, 1.807) is 12.3 Å². The third kappa shape index (κ3) is 1.85. The maximum atomic E-state index is 5.91. The van der Waals surface area contributed by atoms with Crippen LogP contribution >= 0.6 is 35.6 Å². The Morgan fingerprint density at radius 3 is 2.62 bits per heavy atom. The second-order valence-corrected chi connectivity index (χ2v) is 3.10. The predicted octanol–water partition coefficient (Wildman–Crippen LogP) is 3.36. The van der Waals surface area contributed by atoms with E-state index in [0.29, 0.717) is 10.2 Å². The highest BCUT2D eigenvalue weighted by atomic mass is 35.5. The second kappa shape index (κ2) is 4.09. The summed E-state index contributed by atoms with van der Waals surface area (Å²) < 4.78 is 0. The normalized spacial score (nSPS) is 9.69. The van der Waals surface area contributed by atoms with Crippen molar-refractivity contribution in [1.82, 2.24) is 10.2 Å². The SMILES string of the molecule is Cl.Clc1cccc2cnnc(Cl)c12. The van der Waals surface area contributed by atoms with Gasteiger partial charge >= 0.3 is 0 Å². The lowest BCUT2D eigenvalue weighted by Crippen LogP contribution is -1.83. The van der Waals surface area contributed by atoms with Crippen molar-refractivity contribution >= 4 is 46.4 Å². The van der Waals surface area contributed by atoms with Gasteiger partial charge in [-0.1, -0.05) is 35.3 Å². The van der Waals surface area contributed by atoms with Gasteiger partial charge in [-0.15, -0.1) is 17.5 Å². The molecule has 1 aromatic carbocycles. The Morgan fingerprint density at radius 2 is 1.92 bits per heavy atom. The fourth-order valence-corrected chi connectivity index (χ4v) is 1.63. The summed E-state index contributed by atoms with van der Waals surface area (Å²) in [6, 6.07) is 5.52. The first-order chi connectivity index (χ1) is 5.79. The lowest BCUT2D eigenvalue weighted by atomic mass is 10.2. The average Bonchev–Trinajstić information content (AvgIpc) is 2.04. The van der Waals surface area contributed by atoms with Crippen molar-refractivity contribution in [2.75, 3.05) is 0 Å². The molecule has 0 bridgehead atoms. The zero-order valence-electron chi connectivity index (χ0n) is 6.37. The van der Waals surface area contributed by atoms with Gasteiger partial charge in [0.15, 0.2) is 5.15 Å². The quantitative estimate of drug-likeness (QED) is 0.700. The van der Waals surface area contributed by atoms with Crippen LogP contribution in [0.25, 0.3) is 10.8 Å². The van der Waals surface area contributed by atoms with Crippen LogP contribution in [0.2, 0.25) is 10.2 Å². The lowest BCUT2D eigenvalue weighted by Gasteiger charge is -1.99. The van der Waals surface area contributed by atoms with Crippen LogP contribution in [0.4, 0.5) is 0 Å². The Morgan fingerprint density at radius 1 is 1.15 bits per heavy atom. The molecule has 0 aliphatic heterocycles. The molecule has 0 atom stereocenters. The molecule has 1 aromatic heterocycles. The van der Waals surface area contributed by atoms with Crippen molar-refractivity contribution < 1.29 is 0 Å². The highest BCUT2D eigenvalue weighted by molar-refractivity contribution is 6.41. The minimum Gasteiger partial charge on any atom is -0.157 e. The highest BCUT2D eigenvalue weighted by Crippen LogP contribution is 2.27. The second-order valence-electron chi connectivity index (χ2n) is 2.34. The summed E-state index contributed by atoms with van der Waals surface area (Å²) in [5.74, 6) is 0. The molecule has 2 rings (SSSR count). The van der Waals surface area contributed by atoms with E-state index in [4.69, 9.17) is 23.2 Å². The van der Waals surface area contributed by atoms with Crippen molar-refractivity contribution in [3.05, 3.63) is 34.6 Å². The van der Waals surface area contributed by atoms with Gasteiger partial charge in [-0.25, -0.2) is 0 Å². The minimum atomic E-state index is 0. The van der Waals surface area contributed by atoms with Crippen LogP contribution in [0, 0.1) is 0 Å². The van der Waals surface area contributed by atoms with Gasteiger partial charge in [-0.3, -0.25) is 0 Å². The van der Waals surface area contributed by atoms with E-state index in [-0.39, 0.29) is 12.4 Å². The van der Waals surface area contributed by atoms with Crippen LogP contribution in [0.3, 0.4) is 0 Å². The Bertz CT molecular complexity index is 394. The van der Waals surface area contributed by atoms with Crippen LogP contribution in [-0.2, 0) is 0 Å². The molecule has 1 heterocycles. The van der Waals surface area contributed by atoms with E-state index < -0.39 is 0 Å². The van der Waals surface area contributed by atoms with Gasteiger partial charge < -0.3 is 0 Å². The third-order valence-corrected chi connectivity index (χ3v) is 2.17. The lowest BCUT2D eigenvalue weighted by molar-refractivity contribution is 1.05. The first kappa shape index (κ1) is 10.5. The summed E-state index contributed by atoms with van der Waals surface area (Å²) in [7, 11) is 0. The molecular formula is C8H5Cl3N2. The number of benzene rings is 1. The van der Waals surface area contributed by atoms with Gasteiger partial charge in [0.1, 0.15) is 0 Å². The molecular weight excluding hydrogens is 230 g/mol. The average molecular weight is 236 g/mol. The number of halogens is 3. The first-order valence-electron chi connectivity index (χ1n) is 3.34. The maximum Gasteiger partial charge on any atom is 0.161 e. The van der Waals surface area contributed by atoms with Crippen molar-refractivity contribution in [3.63, 3.8) is 0 Å². The van der Waals surface area contributed by atoms with Crippen molar-refractivity contribution in [3.8, 4) is 0 Å². The number of rotatable bonds is 0. The minimum absolute atomic E-state index is 0. The summed E-state index contributed by atoms with van der Waals surface area (Å²) in [5.41, 5.74) is 0. The third-order valence-electron chi connectivity index (χ3n) is 1.59. The largest absolute Gasteiger partial charge is 0.161 e. The van der Waals surface area contributed by atoms with Gasteiger partial charge in [0, 0.05) is 10.8 Å². The smallest absolute Gasteiger partial charge is 0.157 e. The number of hydrogen-bond acceptors (Lipinski definition) is 2. The number of fused-ring (bicyclic) bond motifs is 1. The van der Waals surface area contributed by atoms with Gasteiger partial charge in [0.05, 0.1) is 11.2 Å². The van der Waals surface area contributed by atoms with E-state index in [2.05, 4.69) is 10.2 Å². The molecule has 5 heteroatoms. The van der Waals surface area contributed by atoms with E-state index in [9.17, 15) is 0 Å². The van der Waals surface area contributed by atoms with E-state index in [0.717, 1.165) is 10.8 Å². The van der Waals surface area contributed by atoms with Gasteiger partial charge in [-0.2, -0.15) is 5.10 Å². The molecule has 0 spiro atoms. The molecule has 68 valence electrons. The fourth-order valence-electron chi connectivity index (χ4n) is 1.06. The number of aromatic nitrogens is 2. The molecule has 13 heavy (non-hydrogen) atoms. The summed E-state index contributed by atoms with van der Waals surface area (Å²) >= 11 is 11.7. The Labute approximate surface area is 91.3 Å². The molecule has 2 aromatic rings. The summed E-state index contributed by atoms with van der Waals surface area (Å²) in [5, 5.41) is 10.0. The Balaban J connectivity index is 0.000000845. The van der Waals surface area contributed by atoms with E-state index in [1.807, 2.05) is 12.1 Å². The van der Waals surface area contributed by atoms with Crippen LogP contribution < -0.4 is 0 Å². The zero-order valence-corrected chi connectivity index (χ0v) is 8.70.